The number of hydrogen-bond donors (Lipinski definition) is 1. The van der Waals surface area contributed by atoms with Gasteiger partial charge in [0.1, 0.15) is 12.4 Å². The van der Waals surface area contributed by atoms with E-state index in [-0.39, 0.29) is 11.7 Å². The van der Waals surface area contributed by atoms with E-state index in [2.05, 4.69) is 5.32 Å². The Bertz CT molecular complexity index is 579. The number of rotatable bonds is 4. The Morgan fingerprint density at radius 3 is 2.82 bits per heavy atom. The van der Waals surface area contributed by atoms with Crippen molar-refractivity contribution in [3.05, 3.63) is 23.8 Å². The monoisotopic (exact) mass is 302 g/mol. The number of ketones is 1. The fourth-order valence-corrected chi connectivity index (χ4v) is 3.17. The van der Waals surface area contributed by atoms with Crippen LogP contribution < -0.4 is 15.0 Å². The molecule has 0 spiro atoms. The van der Waals surface area contributed by atoms with Crippen molar-refractivity contribution in [3.8, 4) is 5.75 Å². The fourth-order valence-electron chi connectivity index (χ4n) is 3.17. The molecular weight excluding hydrogens is 280 g/mol. The number of anilines is 1. The van der Waals surface area contributed by atoms with Crippen LogP contribution >= 0.6 is 0 Å². The maximum absolute atomic E-state index is 12.2. The summed E-state index contributed by atoms with van der Waals surface area (Å²) in [7, 11) is 0. The van der Waals surface area contributed by atoms with Crippen molar-refractivity contribution in [2.45, 2.75) is 38.6 Å². The summed E-state index contributed by atoms with van der Waals surface area (Å²) in [6.45, 7) is 3.08. The van der Waals surface area contributed by atoms with Gasteiger partial charge < -0.3 is 15.0 Å². The van der Waals surface area contributed by atoms with Crippen molar-refractivity contribution >= 4 is 17.4 Å². The lowest BCUT2D eigenvalue weighted by Crippen LogP contribution is -2.44. The number of carbonyl (C=O) groups is 2. The summed E-state index contributed by atoms with van der Waals surface area (Å²) in [5.41, 5.74) is 1.48. The average molecular weight is 302 g/mol. The molecule has 0 atom stereocenters. The van der Waals surface area contributed by atoms with Gasteiger partial charge >= 0.3 is 0 Å². The normalized spacial score (nSPS) is 17.8. The third-order valence-electron chi connectivity index (χ3n) is 4.38. The second kappa shape index (κ2) is 6.38. The van der Waals surface area contributed by atoms with Crippen LogP contribution in [0.4, 0.5) is 5.69 Å². The molecule has 0 unspecified atom stereocenters. The van der Waals surface area contributed by atoms with E-state index in [1.54, 1.807) is 13.0 Å². The molecule has 1 aromatic rings. The predicted octanol–water partition coefficient (Wildman–Crippen LogP) is 2.15. The smallest absolute Gasteiger partial charge is 0.239 e. The van der Waals surface area contributed by atoms with Crippen molar-refractivity contribution in [2.75, 3.05) is 24.6 Å². The van der Waals surface area contributed by atoms with Crippen LogP contribution in [0.15, 0.2) is 18.2 Å². The van der Waals surface area contributed by atoms with E-state index in [0.29, 0.717) is 31.3 Å². The summed E-state index contributed by atoms with van der Waals surface area (Å²) >= 11 is 0. The van der Waals surface area contributed by atoms with E-state index in [9.17, 15) is 9.59 Å². The first-order chi connectivity index (χ1) is 10.6. The predicted molar refractivity (Wildman–Crippen MR) is 84.6 cm³/mol. The van der Waals surface area contributed by atoms with Gasteiger partial charge in [0, 0.05) is 11.6 Å². The molecule has 22 heavy (non-hydrogen) atoms. The van der Waals surface area contributed by atoms with Crippen LogP contribution in [-0.4, -0.2) is 37.4 Å². The van der Waals surface area contributed by atoms with Crippen molar-refractivity contribution in [1.29, 1.82) is 0 Å². The zero-order valence-corrected chi connectivity index (χ0v) is 12.9. The summed E-state index contributed by atoms with van der Waals surface area (Å²) in [6.07, 6.45) is 4.57. The van der Waals surface area contributed by atoms with Crippen LogP contribution in [0.5, 0.6) is 5.75 Å². The summed E-state index contributed by atoms with van der Waals surface area (Å²) < 4.78 is 5.62. The molecule has 1 heterocycles. The number of benzene rings is 1. The van der Waals surface area contributed by atoms with Crippen LogP contribution in [-0.2, 0) is 4.79 Å². The zero-order chi connectivity index (χ0) is 15.5. The molecule has 3 rings (SSSR count). The average Bonchev–Trinajstić information content (AvgIpc) is 2.99. The summed E-state index contributed by atoms with van der Waals surface area (Å²) in [6, 6.07) is 5.73. The first-order valence-electron chi connectivity index (χ1n) is 7.95. The van der Waals surface area contributed by atoms with E-state index in [4.69, 9.17) is 4.74 Å². The van der Waals surface area contributed by atoms with E-state index >= 15 is 0 Å². The van der Waals surface area contributed by atoms with E-state index < -0.39 is 0 Å². The maximum atomic E-state index is 12.2. The number of nitrogens with one attached hydrogen (secondary N) is 1. The first-order valence-corrected chi connectivity index (χ1v) is 7.95. The van der Waals surface area contributed by atoms with Crippen LogP contribution in [0.3, 0.4) is 0 Å². The lowest BCUT2D eigenvalue weighted by molar-refractivity contribution is -0.120. The van der Waals surface area contributed by atoms with Gasteiger partial charge in [0.05, 0.1) is 18.8 Å². The third-order valence-corrected chi connectivity index (χ3v) is 4.38. The number of Topliss-reactive ketones (excluding diaryl/α,β-unsaturated/α-hetero) is 1. The largest absolute Gasteiger partial charge is 0.490 e. The highest BCUT2D eigenvalue weighted by molar-refractivity contribution is 5.96. The van der Waals surface area contributed by atoms with Gasteiger partial charge in [-0.2, -0.15) is 0 Å². The number of hydrogen-bond acceptors (Lipinski definition) is 4. The third kappa shape index (κ3) is 3.24. The van der Waals surface area contributed by atoms with Crippen LogP contribution in [0.1, 0.15) is 43.0 Å². The Hall–Kier alpha value is -2.04. The van der Waals surface area contributed by atoms with Crippen molar-refractivity contribution < 1.29 is 14.3 Å². The summed E-state index contributed by atoms with van der Waals surface area (Å²) in [4.78, 5) is 25.8. The number of fused-ring (bicyclic) bond motifs is 1. The number of amides is 1. The Morgan fingerprint density at radius 2 is 2.09 bits per heavy atom. The van der Waals surface area contributed by atoms with Gasteiger partial charge in [-0.05, 0) is 38.0 Å². The Labute approximate surface area is 130 Å². The molecule has 1 aliphatic carbocycles. The molecule has 5 nitrogen and oxygen atoms in total. The zero-order valence-electron chi connectivity index (χ0n) is 12.9. The van der Waals surface area contributed by atoms with Gasteiger partial charge in [-0.15, -0.1) is 0 Å². The molecular formula is C17H22N2O3. The highest BCUT2D eigenvalue weighted by Crippen LogP contribution is 2.32. The van der Waals surface area contributed by atoms with Gasteiger partial charge in [0.2, 0.25) is 5.91 Å². The number of nitrogens with zero attached hydrogens (tertiary/aromatic N) is 1. The van der Waals surface area contributed by atoms with Crippen LogP contribution in [0.2, 0.25) is 0 Å². The highest BCUT2D eigenvalue weighted by atomic mass is 16.5. The Kier molecular flexibility index (Phi) is 4.32. The molecule has 0 saturated heterocycles. The molecule has 5 heteroatoms. The number of ether oxygens (including phenoxy) is 1. The maximum Gasteiger partial charge on any atom is 0.239 e. The van der Waals surface area contributed by atoms with E-state index in [0.717, 1.165) is 24.3 Å². The number of carbonyl (C=O) groups excluding carboxylic acids is 2. The molecule has 1 saturated carbocycles. The van der Waals surface area contributed by atoms with Crippen molar-refractivity contribution in [2.24, 2.45) is 0 Å². The topological polar surface area (TPSA) is 58.6 Å². The molecule has 2 aliphatic rings. The van der Waals surface area contributed by atoms with E-state index in [1.807, 2.05) is 17.0 Å². The molecule has 1 N–H and O–H groups in total. The highest BCUT2D eigenvalue weighted by Gasteiger charge is 2.23. The quantitative estimate of drug-likeness (QED) is 0.866. The van der Waals surface area contributed by atoms with Crippen LogP contribution in [0, 0.1) is 0 Å². The van der Waals surface area contributed by atoms with Gasteiger partial charge in [-0.1, -0.05) is 12.8 Å². The second-order valence-corrected chi connectivity index (χ2v) is 6.06. The van der Waals surface area contributed by atoms with Crippen LogP contribution in [0.25, 0.3) is 0 Å². The SMILES string of the molecule is CC(=O)c1ccc2c(c1)N(CC(=O)NC1CCCC1)CCO2. The Morgan fingerprint density at radius 1 is 1.32 bits per heavy atom. The van der Waals surface area contributed by atoms with Crippen molar-refractivity contribution in [1.82, 2.24) is 5.32 Å². The first kappa shape index (κ1) is 14.9. The molecule has 118 valence electrons. The lowest BCUT2D eigenvalue weighted by Gasteiger charge is -2.31. The fraction of sp³-hybridized carbons (Fsp3) is 0.529. The summed E-state index contributed by atoms with van der Waals surface area (Å²) in [5, 5.41) is 3.11. The molecule has 1 aliphatic heterocycles. The second-order valence-electron chi connectivity index (χ2n) is 6.06. The standard InChI is InChI=1S/C17H22N2O3/c1-12(20)13-6-7-16-15(10-13)19(8-9-22-16)11-17(21)18-14-4-2-3-5-14/h6-7,10,14H,2-5,8-9,11H2,1H3,(H,18,21). The Balaban J connectivity index is 1.71. The molecule has 0 bridgehead atoms. The summed E-state index contributed by atoms with van der Waals surface area (Å²) in [5.74, 6) is 0.807. The minimum atomic E-state index is 0.0173. The van der Waals surface area contributed by atoms with Gasteiger partial charge in [0.25, 0.3) is 0 Å². The molecule has 1 amide bonds. The molecule has 1 fully saturated rings. The van der Waals surface area contributed by atoms with Crippen molar-refractivity contribution in [3.63, 3.8) is 0 Å². The molecule has 0 aromatic heterocycles. The van der Waals surface area contributed by atoms with Gasteiger partial charge in [-0.25, -0.2) is 0 Å². The molecule has 0 radical (unpaired) electrons. The molecule has 1 aromatic carbocycles. The van der Waals surface area contributed by atoms with E-state index in [1.165, 1.54) is 12.8 Å². The minimum Gasteiger partial charge on any atom is -0.490 e. The van der Waals surface area contributed by atoms with Gasteiger partial charge in [-0.3, -0.25) is 9.59 Å². The van der Waals surface area contributed by atoms with Gasteiger partial charge in [0.15, 0.2) is 5.78 Å². The lowest BCUT2D eigenvalue weighted by atomic mass is 10.1. The minimum absolute atomic E-state index is 0.0173.